The minimum absolute atomic E-state index is 0.263. The number of nitrogens with two attached hydrogens (primary N) is 1. The van der Waals surface area contributed by atoms with Crippen LogP contribution < -0.4 is 11.1 Å². The molecule has 2 heterocycles. The third-order valence-corrected chi connectivity index (χ3v) is 4.43. The van der Waals surface area contributed by atoms with E-state index >= 15 is 0 Å². The summed E-state index contributed by atoms with van der Waals surface area (Å²) >= 11 is 0. The molecule has 5 heteroatoms. The fourth-order valence-corrected chi connectivity index (χ4v) is 3.00. The van der Waals surface area contributed by atoms with E-state index in [2.05, 4.69) is 29.2 Å². The number of nitrogens with zero attached hydrogens (tertiary/aromatic N) is 2. The Morgan fingerprint density at radius 1 is 1.48 bits per heavy atom. The van der Waals surface area contributed by atoms with Gasteiger partial charge in [-0.3, -0.25) is 4.98 Å². The van der Waals surface area contributed by atoms with Gasteiger partial charge in [0.05, 0.1) is 11.2 Å². The summed E-state index contributed by atoms with van der Waals surface area (Å²) in [4.78, 5) is 6.64. The summed E-state index contributed by atoms with van der Waals surface area (Å²) in [6.45, 7) is 3.21. The van der Waals surface area contributed by atoms with Crippen molar-refractivity contribution in [2.24, 2.45) is 0 Å². The monoisotopic (exact) mass is 288 g/mol. The molecule has 2 atom stereocenters. The number of benzene rings is 1. The maximum Gasteiger partial charge on any atom is 0.150 e. The number of pyridine rings is 1. The molecule has 0 bridgehead atoms. The molecule has 1 aromatic heterocycles. The fourth-order valence-electron chi connectivity index (χ4n) is 3.00. The maximum absolute atomic E-state index is 14.3. The largest absolute Gasteiger partial charge is 0.398 e. The summed E-state index contributed by atoms with van der Waals surface area (Å²) in [6.07, 6.45) is 3.66. The lowest BCUT2D eigenvalue weighted by Crippen LogP contribution is -2.42. The van der Waals surface area contributed by atoms with Crippen molar-refractivity contribution in [3.05, 3.63) is 30.2 Å². The van der Waals surface area contributed by atoms with Crippen LogP contribution in [0.3, 0.4) is 0 Å². The van der Waals surface area contributed by atoms with Crippen LogP contribution in [0.5, 0.6) is 0 Å². The molecule has 3 N–H and O–H groups in total. The smallest absolute Gasteiger partial charge is 0.150 e. The van der Waals surface area contributed by atoms with Crippen LogP contribution in [0.2, 0.25) is 0 Å². The van der Waals surface area contributed by atoms with Gasteiger partial charge in [0, 0.05) is 35.9 Å². The second-order valence-electron chi connectivity index (χ2n) is 5.92. The highest BCUT2D eigenvalue weighted by atomic mass is 19.1. The molecular formula is C16H21FN4. The van der Waals surface area contributed by atoms with Crippen LogP contribution in [0, 0.1) is 5.82 Å². The summed E-state index contributed by atoms with van der Waals surface area (Å²) in [5.41, 5.74) is 7.40. The Morgan fingerprint density at radius 2 is 2.29 bits per heavy atom. The molecular weight excluding hydrogens is 267 g/mol. The summed E-state index contributed by atoms with van der Waals surface area (Å²) in [6, 6.07) is 5.83. The molecule has 0 saturated carbocycles. The summed E-state index contributed by atoms with van der Waals surface area (Å²) < 4.78 is 14.3. The summed E-state index contributed by atoms with van der Waals surface area (Å²) in [5.74, 6) is -0.328. The van der Waals surface area contributed by atoms with E-state index < -0.39 is 0 Å². The number of likely N-dealkylation sites (tertiary alicyclic amines) is 1. The normalized spacial score (nSPS) is 23.4. The third-order valence-electron chi connectivity index (χ3n) is 4.43. The van der Waals surface area contributed by atoms with Gasteiger partial charge in [-0.1, -0.05) is 0 Å². The quantitative estimate of drug-likeness (QED) is 0.834. The van der Waals surface area contributed by atoms with Crippen molar-refractivity contribution in [1.29, 1.82) is 0 Å². The Labute approximate surface area is 124 Å². The van der Waals surface area contributed by atoms with Gasteiger partial charge in [0.1, 0.15) is 0 Å². The van der Waals surface area contributed by atoms with Gasteiger partial charge in [0.25, 0.3) is 0 Å². The Kier molecular flexibility index (Phi) is 3.68. The minimum Gasteiger partial charge on any atom is -0.398 e. The number of anilines is 2. The zero-order valence-corrected chi connectivity index (χ0v) is 12.4. The van der Waals surface area contributed by atoms with Crippen LogP contribution in [-0.4, -0.2) is 35.6 Å². The van der Waals surface area contributed by atoms with Gasteiger partial charge in [0.2, 0.25) is 0 Å². The van der Waals surface area contributed by atoms with Gasteiger partial charge in [-0.15, -0.1) is 0 Å². The first-order valence-electron chi connectivity index (χ1n) is 7.35. The molecule has 112 valence electrons. The van der Waals surface area contributed by atoms with Crippen molar-refractivity contribution in [2.75, 3.05) is 24.6 Å². The van der Waals surface area contributed by atoms with Crippen LogP contribution in [0.25, 0.3) is 10.9 Å². The minimum atomic E-state index is -0.328. The molecule has 21 heavy (non-hydrogen) atoms. The van der Waals surface area contributed by atoms with E-state index in [1.54, 1.807) is 6.20 Å². The van der Waals surface area contributed by atoms with Crippen molar-refractivity contribution in [1.82, 2.24) is 9.88 Å². The van der Waals surface area contributed by atoms with Gasteiger partial charge in [0.15, 0.2) is 5.82 Å². The predicted molar refractivity (Wildman–Crippen MR) is 84.9 cm³/mol. The van der Waals surface area contributed by atoms with Crippen molar-refractivity contribution in [3.8, 4) is 0 Å². The summed E-state index contributed by atoms with van der Waals surface area (Å²) in [7, 11) is 2.13. The Hall–Kier alpha value is -1.88. The molecule has 1 aliphatic rings. The molecule has 2 aromatic rings. The first-order chi connectivity index (χ1) is 10.1. The highest BCUT2D eigenvalue weighted by molar-refractivity contribution is 5.98. The number of nitrogen functional groups attached to an aromatic ring is 1. The van der Waals surface area contributed by atoms with Crippen LogP contribution >= 0.6 is 0 Å². The molecule has 0 radical (unpaired) electrons. The molecule has 0 spiro atoms. The lowest BCUT2D eigenvalue weighted by Gasteiger charge is -2.36. The zero-order chi connectivity index (χ0) is 15.0. The van der Waals surface area contributed by atoms with Gasteiger partial charge in [-0.05, 0) is 45.0 Å². The van der Waals surface area contributed by atoms with Gasteiger partial charge in [-0.25, -0.2) is 4.39 Å². The lowest BCUT2D eigenvalue weighted by atomic mass is 9.98. The highest BCUT2D eigenvalue weighted by Gasteiger charge is 2.24. The number of hydrogen-bond acceptors (Lipinski definition) is 4. The summed E-state index contributed by atoms with van der Waals surface area (Å²) in [5, 5.41) is 4.14. The number of aromatic nitrogens is 1. The Bertz CT molecular complexity index is 658. The second-order valence-corrected chi connectivity index (χ2v) is 5.92. The number of halogens is 1. The number of nitrogens with one attached hydrogen (secondary N) is 1. The number of piperidine rings is 1. The molecule has 1 fully saturated rings. The van der Waals surface area contributed by atoms with Gasteiger partial charge >= 0.3 is 0 Å². The van der Waals surface area contributed by atoms with E-state index in [1.807, 2.05) is 12.1 Å². The number of rotatable bonds is 2. The molecule has 0 amide bonds. The van der Waals surface area contributed by atoms with Crippen molar-refractivity contribution in [2.45, 2.75) is 31.8 Å². The first-order valence-corrected chi connectivity index (χ1v) is 7.35. The van der Waals surface area contributed by atoms with Gasteiger partial charge < -0.3 is 16.0 Å². The Morgan fingerprint density at radius 3 is 3.05 bits per heavy atom. The SMILES string of the molecule is CC1CC(Nc2c(F)cc(N)c3cccnc23)CCN1C. The van der Waals surface area contributed by atoms with E-state index in [0.717, 1.165) is 24.8 Å². The van der Waals surface area contributed by atoms with E-state index in [1.165, 1.54) is 6.07 Å². The van der Waals surface area contributed by atoms with Crippen LogP contribution in [0.4, 0.5) is 15.8 Å². The Balaban J connectivity index is 1.94. The van der Waals surface area contributed by atoms with E-state index in [-0.39, 0.29) is 11.9 Å². The number of hydrogen-bond donors (Lipinski definition) is 2. The van der Waals surface area contributed by atoms with Gasteiger partial charge in [-0.2, -0.15) is 0 Å². The lowest BCUT2D eigenvalue weighted by molar-refractivity contribution is 0.190. The van der Waals surface area contributed by atoms with E-state index in [4.69, 9.17) is 5.73 Å². The topological polar surface area (TPSA) is 54.2 Å². The highest BCUT2D eigenvalue weighted by Crippen LogP contribution is 2.31. The molecule has 0 aliphatic carbocycles. The molecule has 2 unspecified atom stereocenters. The fraction of sp³-hybridized carbons (Fsp3) is 0.438. The average Bonchev–Trinajstić information content (AvgIpc) is 2.47. The molecule has 1 saturated heterocycles. The zero-order valence-electron chi connectivity index (χ0n) is 12.4. The molecule has 1 aliphatic heterocycles. The maximum atomic E-state index is 14.3. The molecule has 3 rings (SSSR count). The molecule has 1 aromatic carbocycles. The van der Waals surface area contributed by atoms with Crippen LogP contribution in [0.15, 0.2) is 24.4 Å². The van der Waals surface area contributed by atoms with Crippen molar-refractivity contribution >= 4 is 22.3 Å². The van der Waals surface area contributed by atoms with E-state index in [0.29, 0.717) is 22.9 Å². The van der Waals surface area contributed by atoms with Crippen molar-refractivity contribution < 1.29 is 4.39 Å². The third kappa shape index (κ3) is 2.65. The van der Waals surface area contributed by atoms with E-state index in [9.17, 15) is 4.39 Å². The predicted octanol–water partition coefficient (Wildman–Crippen LogP) is 2.85. The van der Waals surface area contributed by atoms with Crippen LogP contribution in [-0.2, 0) is 0 Å². The number of fused-ring (bicyclic) bond motifs is 1. The molecule has 4 nitrogen and oxygen atoms in total. The standard InChI is InChI=1S/C16H21FN4/c1-10-8-11(5-7-21(10)2)20-16-13(17)9-14(18)12-4-3-6-19-15(12)16/h3-4,6,9-11,20H,5,7-8,18H2,1-2H3. The first kappa shape index (κ1) is 14.1. The second kappa shape index (κ2) is 5.48. The average molecular weight is 288 g/mol. The van der Waals surface area contributed by atoms with Crippen LogP contribution in [0.1, 0.15) is 19.8 Å². The van der Waals surface area contributed by atoms with Crippen molar-refractivity contribution in [3.63, 3.8) is 0 Å².